The largest absolute Gasteiger partial charge is 0.493 e. The van der Waals surface area contributed by atoms with Gasteiger partial charge in [-0.2, -0.15) is 0 Å². The van der Waals surface area contributed by atoms with Crippen LogP contribution >= 0.6 is 0 Å². The molecule has 2 aromatic carbocycles. The Labute approximate surface area is 165 Å². The van der Waals surface area contributed by atoms with Crippen molar-refractivity contribution in [3.8, 4) is 11.5 Å². The summed E-state index contributed by atoms with van der Waals surface area (Å²) in [6.45, 7) is 1.79. The van der Waals surface area contributed by atoms with Crippen molar-refractivity contribution in [2.75, 3.05) is 17.7 Å². The molecule has 148 valence electrons. The molecule has 1 fully saturated rings. The van der Waals surface area contributed by atoms with Gasteiger partial charge in [0, 0.05) is 23.4 Å². The maximum Gasteiger partial charge on any atom is 0.255 e. The summed E-state index contributed by atoms with van der Waals surface area (Å²) in [5.41, 5.74) is 1.82. The maximum absolute atomic E-state index is 12.6. The van der Waals surface area contributed by atoms with Crippen LogP contribution in [0.5, 0.6) is 11.5 Å². The van der Waals surface area contributed by atoms with Crippen molar-refractivity contribution >= 4 is 23.2 Å². The van der Waals surface area contributed by atoms with E-state index in [2.05, 4.69) is 10.6 Å². The molecular weight excluding hydrogens is 356 g/mol. The fraction of sp³-hybridized carbons (Fsp3) is 0.364. The first-order valence-corrected chi connectivity index (χ1v) is 9.65. The van der Waals surface area contributed by atoms with Crippen LogP contribution in [-0.4, -0.2) is 25.0 Å². The number of benzene rings is 2. The van der Waals surface area contributed by atoms with Crippen LogP contribution < -0.4 is 20.1 Å². The van der Waals surface area contributed by atoms with Gasteiger partial charge in [0.05, 0.1) is 13.2 Å². The van der Waals surface area contributed by atoms with Crippen molar-refractivity contribution in [3.05, 3.63) is 48.0 Å². The number of amides is 2. The molecule has 2 amide bonds. The highest BCUT2D eigenvalue weighted by Crippen LogP contribution is 2.32. The first-order chi connectivity index (χ1) is 13.6. The lowest BCUT2D eigenvalue weighted by Gasteiger charge is -2.16. The van der Waals surface area contributed by atoms with Gasteiger partial charge in [0.15, 0.2) is 11.5 Å². The van der Waals surface area contributed by atoms with Crippen LogP contribution in [0.1, 0.15) is 49.4 Å². The van der Waals surface area contributed by atoms with Crippen molar-refractivity contribution in [3.63, 3.8) is 0 Å². The third-order valence-electron chi connectivity index (χ3n) is 4.77. The number of methoxy groups -OCH3 is 1. The minimum absolute atomic E-state index is 0.0520. The fourth-order valence-electron chi connectivity index (χ4n) is 3.18. The third kappa shape index (κ3) is 5.03. The van der Waals surface area contributed by atoms with Crippen LogP contribution in [0.3, 0.4) is 0 Å². The van der Waals surface area contributed by atoms with Gasteiger partial charge in [-0.3, -0.25) is 9.59 Å². The molecule has 1 aliphatic rings. The number of rotatable bonds is 7. The molecule has 0 radical (unpaired) electrons. The second-order valence-electron chi connectivity index (χ2n) is 6.82. The van der Waals surface area contributed by atoms with Gasteiger partial charge in [-0.25, -0.2) is 0 Å². The predicted octanol–water partition coefficient (Wildman–Crippen LogP) is 4.62. The summed E-state index contributed by atoms with van der Waals surface area (Å²) in [6.07, 6.45) is 5.13. The molecule has 1 aliphatic carbocycles. The van der Waals surface area contributed by atoms with Crippen molar-refractivity contribution in [2.24, 2.45) is 0 Å². The highest BCUT2D eigenvalue weighted by atomic mass is 16.5. The van der Waals surface area contributed by atoms with Crippen LogP contribution in [-0.2, 0) is 4.79 Å². The zero-order chi connectivity index (χ0) is 19.9. The fourth-order valence-corrected chi connectivity index (χ4v) is 3.18. The molecule has 0 aromatic heterocycles. The van der Waals surface area contributed by atoms with E-state index in [-0.39, 0.29) is 17.9 Å². The average Bonchev–Trinajstić information content (AvgIpc) is 3.22. The topological polar surface area (TPSA) is 76.7 Å². The number of hydrogen-bond acceptors (Lipinski definition) is 4. The summed E-state index contributed by atoms with van der Waals surface area (Å²) in [6, 6.07) is 12.2. The first-order valence-electron chi connectivity index (χ1n) is 9.65. The van der Waals surface area contributed by atoms with E-state index < -0.39 is 0 Å². The molecule has 0 atom stereocenters. The molecule has 6 nitrogen and oxygen atoms in total. The summed E-state index contributed by atoms with van der Waals surface area (Å²) >= 11 is 0. The average molecular weight is 382 g/mol. The predicted molar refractivity (Wildman–Crippen MR) is 109 cm³/mol. The minimum atomic E-state index is -0.240. The van der Waals surface area contributed by atoms with E-state index in [1.807, 2.05) is 0 Å². The summed E-state index contributed by atoms with van der Waals surface area (Å²) in [5.74, 6) is 0.930. The Morgan fingerprint density at radius 3 is 2.21 bits per heavy atom. The highest BCUT2D eigenvalue weighted by molar-refractivity contribution is 6.04. The molecule has 28 heavy (non-hydrogen) atoms. The van der Waals surface area contributed by atoms with Gasteiger partial charge >= 0.3 is 0 Å². The quantitative estimate of drug-likeness (QED) is 0.733. The van der Waals surface area contributed by atoms with Crippen molar-refractivity contribution in [1.82, 2.24) is 0 Å². The van der Waals surface area contributed by atoms with Crippen molar-refractivity contribution in [1.29, 1.82) is 0 Å². The molecule has 1 saturated carbocycles. The van der Waals surface area contributed by atoms with Crippen LogP contribution in [0, 0.1) is 0 Å². The minimum Gasteiger partial charge on any atom is -0.493 e. The Hall–Kier alpha value is -3.02. The molecule has 0 bridgehead atoms. The van der Waals surface area contributed by atoms with E-state index >= 15 is 0 Å². The van der Waals surface area contributed by atoms with Crippen LogP contribution in [0.4, 0.5) is 11.4 Å². The zero-order valence-electron chi connectivity index (χ0n) is 16.3. The van der Waals surface area contributed by atoms with Gasteiger partial charge in [0.1, 0.15) is 0 Å². The van der Waals surface area contributed by atoms with E-state index in [0.29, 0.717) is 34.9 Å². The van der Waals surface area contributed by atoms with Crippen molar-refractivity contribution < 1.29 is 19.1 Å². The Kier molecular flexibility index (Phi) is 6.53. The highest BCUT2D eigenvalue weighted by Gasteiger charge is 2.19. The molecule has 6 heteroatoms. The number of hydrogen-bond donors (Lipinski definition) is 2. The SMILES string of the molecule is CCC(=O)Nc1ccc(NC(=O)c2ccc(OC3CCCC3)c(OC)c2)cc1. The van der Waals surface area contributed by atoms with Crippen LogP contribution in [0.25, 0.3) is 0 Å². The molecule has 0 heterocycles. The number of anilines is 2. The number of carbonyl (C=O) groups excluding carboxylic acids is 2. The normalized spacial score (nSPS) is 13.8. The number of ether oxygens (including phenoxy) is 2. The van der Waals surface area contributed by atoms with Crippen molar-refractivity contribution in [2.45, 2.75) is 45.1 Å². The molecule has 2 aromatic rings. The van der Waals surface area contributed by atoms with E-state index in [4.69, 9.17) is 9.47 Å². The third-order valence-corrected chi connectivity index (χ3v) is 4.77. The molecular formula is C22H26N2O4. The Balaban J connectivity index is 1.65. The standard InChI is InChI=1S/C22H26N2O4/c1-3-21(25)23-16-9-11-17(12-10-16)24-22(26)15-8-13-19(20(14-15)27-2)28-18-6-4-5-7-18/h8-14,18H,3-7H2,1-2H3,(H,23,25)(H,24,26). The monoisotopic (exact) mass is 382 g/mol. The summed E-state index contributed by atoms with van der Waals surface area (Å²) in [5, 5.41) is 5.62. The molecule has 3 rings (SSSR count). The van der Waals surface area contributed by atoms with Crippen LogP contribution in [0.2, 0.25) is 0 Å². The van der Waals surface area contributed by atoms with E-state index in [0.717, 1.165) is 12.8 Å². The zero-order valence-corrected chi connectivity index (χ0v) is 16.3. The first kappa shape index (κ1) is 19.7. The van der Waals surface area contributed by atoms with Gasteiger partial charge in [-0.05, 0) is 68.1 Å². The lowest BCUT2D eigenvalue weighted by Crippen LogP contribution is -2.14. The second kappa shape index (κ2) is 9.26. The molecule has 2 N–H and O–H groups in total. The van der Waals surface area contributed by atoms with E-state index in [1.165, 1.54) is 12.8 Å². The lowest BCUT2D eigenvalue weighted by molar-refractivity contribution is -0.115. The van der Waals surface area contributed by atoms with Gasteiger partial charge in [0.2, 0.25) is 5.91 Å². The summed E-state index contributed by atoms with van der Waals surface area (Å²) < 4.78 is 11.4. The van der Waals surface area contributed by atoms with E-state index in [1.54, 1.807) is 56.5 Å². The van der Waals surface area contributed by atoms with E-state index in [9.17, 15) is 9.59 Å². The van der Waals surface area contributed by atoms with Gasteiger partial charge in [-0.15, -0.1) is 0 Å². The van der Waals surface area contributed by atoms with Gasteiger partial charge in [-0.1, -0.05) is 6.92 Å². The number of carbonyl (C=O) groups is 2. The molecule has 0 unspecified atom stereocenters. The summed E-state index contributed by atoms with van der Waals surface area (Å²) in [4.78, 5) is 24.0. The Morgan fingerprint density at radius 2 is 1.61 bits per heavy atom. The Bertz CT molecular complexity index is 827. The smallest absolute Gasteiger partial charge is 0.255 e. The molecule has 0 aliphatic heterocycles. The van der Waals surface area contributed by atoms with Gasteiger partial charge < -0.3 is 20.1 Å². The number of nitrogens with one attached hydrogen (secondary N) is 2. The van der Waals surface area contributed by atoms with Crippen LogP contribution in [0.15, 0.2) is 42.5 Å². The molecule has 0 spiro atoms. The maximum atomic E-state index is 12.6. The lowest BCUT2D eigenvalue weighted by atomic mass is 10.1. The second-order valence-corrected chi connectivity index (χ2v) is 6.82. The summed E-state index contributed by atoms with van der Waals surface area (Å²) in [7, 11) is 1.57. The van der Waals surface area contributed by atoms with Gasteiger partial charge in [0.25, 0.3) is 5.91 Å². The Morgan fingerprint density at radius 1 is 0.964 bits per heavy atom. The molecule has 0 saturated heterocycles.